The first-order chi connectivity index (χ1) is 10.7. The molecule has 0 fully saturated rings. The second-order valence-corrected chi connectivity index (χ2v) is 5.14. The molecule has 0 radical (unpaired) electrons. The van der Waals surface area contributed by atoms with Gasteiger partial charge in [-0.15, -0.1) is 0 Å². The molecule has 4 rings (SSSR count). The molecule has 1 heterocycles. The second kappa shape index (κ2) is 4.77. The summed E-state index contributed by atoms with van der Waals surface area (Å²) in [6.07, 6.45) is 0. The Balaban J connectivity index is 1.88. The van der Waals surface area contributed by atoms with E-state index in [1.807, 2.05) is 42.5 Å². The topological polar surface area (TPSA) is 61.3 Å². The van der Waals surface area contributed by atoms with E-state index in [2.05, 4.69) is 17.1 Å². The summed E-state index contributed by atoms with van der Waals surface area (Å²) in [7, 11) is 1.59. The van der Waals surface area contributed by atoms with Gasteiger partial charge in [-0.3, -0.25) is 0 Å². The van der Waals surface area contributed by atoms with Gasteiger partial charge in [0, 0.05) is 5.56 Å². The second-order valence-electron chi connectivity index (χ2n) is 5.14. The third-order valence-corrected chi connectivity index (χ3v) is 3.73. The van der Waals surface area contributed by atoms with Gasteiger partial charge < -0.3 is 14.9 Å². The highest BCUT2D eigenvalue weighted by molar-refractivity contribution is 5.95. The lowest BCUT2D eigenvalue weighted by Crippen LogP contribution is -1.92. The lowest BCUT2D eigenvalue weighted by atomic mass is 10.1. The lowest BCUT2D eigenvalue weighted by molar-refractivity contribution is 0.417. The van der Waals surface area contributed by atoms with Gasteiger partial charge in [0.05, 0.1) is 12.8 Å². The highest BCUT2D eigenvalue weighted by atomic mass is 16.5. The SMILES string of the molecule is COc1ccc(-c2nc3cc4ccccc4cc3o2)cc1N. The van der Waals surface area contributed by atoms with Crippen molar-refractivity contribution >= 4 is 27.6 Å². The van der Waals surface area contributed by atoms with E-state index >= 15 is 0 Å². The fourth-order valence-corrected chi connectivity index (χ4v) is 2.60. The Labute approximate surface area is 127 Å². The van der Waals surface area contributed by atoms with Gasteiger partial charge in [0.25, 0.3) is 0 Å². The number of fused-ring (bicyclic) bond motifs is 2. The number of benzene rings is 3. The molecule has 0 atom stereocenters. The van der Waals surface area contributed by atoms with Crippen LogP contribution in [-0.4, -0.2) is 12.1 Å². The molecule has 0 aliphatic rings. The molecule has 0 unspecified atom stereocenters. The van der Waals surface area contributed by atoms with Gasteiger partial charge in [0.1, 0.15) is 11.3 Å². The Bertz CT molecular complexity index is 936. The van der Waals surface area contributed by atoms with Crippen molar-refractivity contribution in [3.05, 3.63) is 54.6 Å². The van der Waals surface area contributed by atoms with Crippen molar-refractivity contribution in [3.8, 4) is 17.2 Å². The number of nitrogens with zero attached hydrogens (tertiary/aromatic N) is 1. The zero-order chi connectivity index (χ0) is 15.1. The van der Waals surface area contributed by atoms with Crippen LogP contribution in [0.4, 0.5) is 5.69 Å². The molecule has 4 aromatic rings. The summed E-state index contributed by atoms with van der Waals surface area (Å²) in [5.74, 6) is 1.20. The molecule has 0 spiro atoms. The van der Waals surface area contributed by atoms with Gasteiger partial charge in [-0.1, -0.05) is 24.3 Å². The predicted octanol–water partition coefficient (Wildman–Crippen LogP) is 4.24. The molecule has 0 aliphatic carbocycles. The molecule has 4 nitrogen and oxygen atoms in total. The maximum atomic E-state index is 5.95. The van der Waals surface area contributed by atoms with Crippen LogP contribution in [-0.2, 0) is 0 Å². The first-order valence-corrected chi connectivity index (χ1v) is 6.98. The predicted molar refractivity (Wildman–Crippen MR) is 87.9 cm³/mol. The van der Waals surface area contributed by atoms with E-state index in [9.17, 15) is 0 Å². The van der Waals surface area contributed by atoms with Gasteiger partial charge in [0.15, 0.2) is 5.58 Å². The quantitative estimate of drug-likeness (QED) is 0.561. The van der Waals surface area contributed by atoms with Crippen LogP contribution in [0.15, 0.2) is 59.0 Å². The number of nitrogen functional groups attached to an aromatic ring is 1. The lowest BCUT2D eigenvalue weighted by Gasteiger charge is -2.04. The molecule has 0 aliphatic heterocycles. The summed E-state index contributed by atoms with van der Waals surface area (Å²) in [5, 5.41) is 2.27. The van der Waals surface area contributed by atoms with E-state index in [0.717, 1.165) is 27.4 Å². The van der Waals surface area contributed by atoms with Crippen molar-refractivity contribution in [2.24, 2.45) is 0 Å². The molecule has 3 aromatic carbocycles. The van der Waals surface area contributed by atoms with Gasteiger partial charge in [-0.25, -0.2) is 4.98 Å². The monoisotopic (exact) mass is 290 g/mol. The average Bonchev–Trinajstić information content (AvgIpc) is 2.95. The molecule has 22 heavy (non-hydrogen) atoms. The number of rotatable bonds is 2. The van der Waals surface area contributed by atoms with E-state index in [-0.39, 0.29) is 0 Å². The summed E-state index contributed by atoms with van der Waals surface area (Å²) in [5.41, 5.74) is 8.95. The smallest absolute Gasteiger partial charge is 0.227 e. The Morgan fingerprint density at radius 1 is 1.00 bits per heavy atom. The highest BCUT2D eigenvalue weighted by Crippen LogP contribution is 2.31. The van der Waals surface area contributed by atoms with Crippen molar-refractivity contribution < 1.29 is 9.15 Å². The Morgan fingerprint density at radius 3 is 2.50 bits per heavy atom. The molecular weight excluding hydrogens is 276 g/mol. The van der Waals surface area contributed by atoms with E-state index in [0.29, 0.717) is 17.3 Å². The Kier molecular flexibility index (Phi) is 2.76. The maximum absolute atomic E-state index is 5.95. The van der Waals surface area contributed by atoms with Gasteiger partial charge in [0.2, 0.25) is 5.89 Å². The Morgan fingerprint density at radius 2 is 1.77 bits per heavy atom. The van der Waals surface area contributed by atoms with Crippen LogP contribution >= 0.6 is 0 Å². The number of oxazole rings is 1. The Hall–Kier alpha value is -3.01. The fraction of sp³-hybridized carbons (Fsp3) is 0.0556. The van der Waals surface area contributed by atoms with Gasteiger partial charge in [-0.05, 0) is 41.1 Å². The average molecular weight is 290 g/mol. The molecular formula is C18H14N2O2. The normalized spacial score (nSPS) is 11.1. The van der Waals surface area contributed by atoms with Gasteiger partial charge >= 0.3 is 0 Å². The maximum Gasteiger partial charge on any atom is 0.227 e. The highest BCUT2D eigenvalue weighted by Gasteiger charge is 2.11. The van der Waals surface area contributed by atoms with Crippen LogP contribution in [0.5, 0.6) is 5.75 Å². The number of hydrogen-bond acceptors (Lipinski definition) is 4. The third kappa shape index (κ3) is 1.97. The van der Waals surface area contributed by atoms with E-state index < -0.39 is 0 Å². The van der Waals surface area contributed by atoms with Crippen LogP contribution < -0.4 is 10.5 Å². The van der Waals surface area contributed by atoms with E-state index in [1.54, 1.807) is 7.11 Å². The minimum Gasteiger partial charge on any atom is -0.495 e. The summed E-state index contributed by atoms with van der Waals surface area (Å²) in [6, 6.07) is 17.7. The summed E-state index contributed by atoms with van der Waals surface area (Å²) >= 11 is 0. The fourth-order valence-electron chi connectivity index (χ4n) is 2.60. The number of hydrogen-bond donors (Lipinski definition) is 1. The van der Waals surface area contributed by atoms with Crippen LogP contribution in [0.3, 0.4) is 0 Å². The first-order valence-electron chi connectivity index (χ1n) is 6.98. The van der Waals surface area contributed by atoms with Crippen molar-refractivity contribution in [1.82, 2.24) is 4.98 Å². The number of nitrogens with two attached hydrogens (primary N) is 1. The van der Waals surface area contributed by atoms with Gasteiger partial charge in [-0.2, -0.15) is 0 Å². The molecule has 0 saturated heterocycles. The zero-order valence-electron chi connectivity index (χ0n) is 12.0. The van der Waals surface area contributed by atoms with Crippen molar-refractivity contribution in [2.45, 2.75) is 0 Å². The van der Waals surface area contributed by atoms with Crippen LogP contribution in [0, 0.1) is 0 Å². The minimum absolute atomic E-state index is 0.555. The molecule has 4 heteroatoms. The standard InChI is InChI=1S/C18H14N2O2/c1-21-16-7-6-13(8-14(16)19)18-20-15-9-11-4-2-3-5-12(11)10-17(15)22-18/h2-10H,19H2,1H3. The molecule has 0 amide bonds. The van der Waals surface area contributed by atoms with Crippen molar-refractivity contribution in [2.75, 3.05) is 12.8 Å². The third-order valence-electron chi connectivity index (χ3n) is 3.73. The number of ether oxygens (including phenoxy) is 1. The van der Waals surface area contributed by atoms with Crippen molar-refractivity contribution in [3.63, 3.8) is 0 Å². The zero-order valence-corrected chi connectivity index (χ0v) is 12.0. The van der Waals surface area contributed by atoms with Crippen LogP contribution in [0.1, 0.15) is 0 Å². The molecule has 0 saturated carbocycles. The largest absolute Gasteiger partial charge is 0.495 e. The number of methoxy groups -OCH3 is 1. The summed E-state index contributed by atoms with van der Waals surface area (Å²) in [4.78, 5) is 4.57. The minimum atomic E-state index is 0.555. The van der Waals surface area contributed by atoms with Crippen LogP contribution in [0.2, 0.25) is 0 Å². The number of aromatic nitrogens is 1. The summed E-state index contributed by atoms with van der Waals surface area (Å²) < 4.78 is 11.1. The molecule has 108 valence electrons. The van der Waals surface area contributed by atoms with Crippen molar-refractivity contribution in [1.29, 1.82) is 0 Å². The molecule has 0 bridgehead atoms. The summed E-state index contributed by atoms with van der Waals surface area (Å²) in [6.45, 7) is 0. The number of anilines is 1. The van der Waals surface area contributed by atoms with E-state index in [1.165, 1.54) is 0 Å². The first kappa shape index (κ1) is 12.7. The molecule has 1 aromatic heterocycles. The van der Waals surface area contributed by atoms with E-state index in [4.69, 9.17) is 14.9 Å². The molecule has 2 N–H and O–H groups in total. The van der Waals surface area contributed by atoms with Crippen LogP contribution in [0.25, 0.3) is 33.3 Å².